The maximum atomic E-state index is 13.1. The van der Waals surface area contributed by atoms with E-state index in [0.29, 0.717) is 28.6 Å². The highest BCUT2D eigenvalue weighted by atomic mass is 32.2. The minimum Gasteiger partial charge on any atom is -0.367 e. The van der Waals surface area contributed by atoms with Crippen LogP contribution >= 0.6 is 0 Å². The molecule has 144 valence electrons. The first-order valence-electron chi connectivity index (χ1n) is 8.00. The summed E-state index contributed by atoms with van der Waals surface area (Å²) in [5.41, 5.74) is 1.21. The summed E-state index contributed by atoms with van der Waals surface area (Å²) in [6.07, 6.45) is -2.10. The molecule has 1 aliphatic rings. The number of hydrogen-bond donors (Lipinski definition) is 1. The van der Waals surface area contributed by atoms with Crippen molar-refractivity contribution in [1.29, 1.82) is 0 Å². The predicted octanol–water partition coefficient (Wildman–Crippen LogP) is 1.60. The Morgan fingerprint density at radius 1 is 1.23 bits per heavy atom. The molecule has 1 atom stereocenters. The van der Waals surface area contributed by atoms with E-state index in [9.17, 15) is 21.6 Å². The molecule has 2 aromatic heterocycles. The number of nitrogens with one attached hydrogen (secondary N) is 1. The first-order chi connectivity index (χ1) is 12.0. The molecule has 1 N–H and O–H groups in total. The van der Waals surface area contributed by atoms with Crippen LogP contribution in [0.3, 0.4) is 0 Å². The molecule has 0 spiro atoms. The molecule has 12 heteroatoms. The minimum absolute atomic E-state index is 0.0407. The average molecular weight is 392 g/mol. The van der Waals surface area contributed by atoms with Gasteiger partial charge >= 0.3 is 6.18 Å². The number of nitrogens with zero attached hydrogens (tertiary/aromatic N) is 5. The quantitative estimate of drug-likeness (QED) is 0.850. The van der Waals surface area contributed by atoms with Crippen LogP contribution < -0.4 is 5.32 Å². The Morgan fingerprint density at radius 3 is 2.54 bits per heavy atom. The van der Waals surface area contributed by atoms with Crippen molar-refractivity contribution in [3.8, 4) is 0 Å². The number of hydrogen-bond acceptors (Lipinski definition) is 6. The second-order valence-electron chi connectivity index (χ2n) is 6.41. The van der Waals surface area contributed by atoms with Crippen LogP contribution in [0.4, 0.5) is 19.0 Å². The van der Waals surface area contributed by atoms with E-state index in [-0.39, 0.29) is 24.1 Å². The Kier molecular flexibility index (Phi) is 4.59. The summed E-state index contributed by atoms with van der Waals surface area (Å²) in [5, 5.41) is 13.8. The maximum Gasteiger partial charge on any atom is 0.453 e. The standard InChI is InChI=1S/C14H19F3N6O2S/c1-8-9(2)12-19-20-13(14(15,16)17)23(12)21-11(8)18-7-10-5-4-6-22(10)26(3,24)25/h10H,4-7H2,1-3H3,(H,18,21)/t10-/m1/s1. The van der Waals surface area contributed by atoms with E-state index in [0.717, 1.165) is 12.7 Å². The summed E-state index contributed by atoms with van der Waals surface area (Å²) in [6.45, 7) is 4.06. The molecular weight excluding hydrogens is 373 g/mol. The van der Waals surface area contributed by atoms with Gasteiger partial charge in [0.05, 0.1) is 6.26 Å². The maximum absolute atomic E-state index is 13.1. The zero-order valence-electron chi connectivity index (χ0n) is 14.5. The zero-order valence-corrected chi connectivity index (χ0v) is 15.3. The van der Waals surface area contributed by atoms with Gasteiger partial charge in [-0.2, -0.15) is 22.0 Å². The van der Waals surface area contributed by atoms with Crippen LogP contribution in [0.1, 0.15) is 29.8 Å². The number of aromatic nitrogens is 4. The van der Waals surface area contributed by atoms with Crippen molar-refractivity contribution in [2.24, 2.45) is 0 Å². The highest BCUT2D eigenvalue weighted by Crippen LogP contribution is 2.30. The van der Waals surface area contributed by atoms with E-state index in [4.69, 9.17) is 0 Å². The molecule has 0 radical (unpaired) electrons. The third kappa shape index (κ3) is 3.34. The van der Waals surface area contributed by atoms with Gasteiger partial charge < -0.3 is 5.32 Å². The Hall–Kier alpha value is -1.95. The molecular formula is C14H19F3N6O2S. The molecule has 0 saturated carbocycles. The van der Waals surface area contributed by atoms with Gasteiger partial charge in [-0.05, 0) is 32.3 Å². The molecule has 2 aromatic rings. The highest BCUT2D eigenvalue weighted by Gasteiger charge is 2.38. The third-order valence-corrected chi connectivity index (χ3v) is 5.93. The van der Waals surface area contributed by atoms with Crippen molar-refractivity contribution in [2.45, 2.75) is 38.9 Å². The van der Waals surface area contributed by atoms with Crippen LogP contribution in [0.15, 0.2) is 0 Å². The molecule has 3 rings (SSSR count). The van der Waals surface area contributed by atoms with E-state index >= 15 is 0 Å². The SMILES string of the molecule is Cc1c(NC[C@H]2CCCN2S(C)(=O)=O)nn2c(C(F)(F)F)nnc2c1C. The minimum atomic E-state index is -4.68. The number of alkyl halides is 3. The number of aryl methyl sites for hydroxylation is 1. The summed E-state index contributed by atoms with van der Waals surface area (Å²) < 4.78 is 64.9. The van der Waals surface area contributed by atoms with E-state index in [1.807, 2.05) is 0 Å². The van der Waals surface area contributed by atoms with Gasteiger partial charge in [-0.3, -0.25) is 0 Å². The summed E-state index contributed by atoms with van der Waals surface area (Å²) in [6, 6.07) is -0.259. The Morgan fingerprint density at radius 2 is 1.92 bits per heavy atom. The Balaban J connectivity index is 1.92. The molecule has 1 aliphatic heterocycles. The predicted molar refractivity (Wildman–Crippen MR) is 88.3 cm³/mol. The smallest absolute Gasteiger partial charge is 0.367 e. The molecule has 0 unspecified atom stereocenters. The van der Waals surface area contributed by atoms with E-state index < -0.39 is 22.0 Å². The van der Waals surface area contributed by atoms with Gasteiger partial charge in [0, 0.05) is 24.7 Å². The lowest BCUT2D eigenvalue weighted by molar-refractivity contribution is -0.146. The largest absolute Gasteiger partial charge is 0.453 e. The van der Waals surface area contributed by atoms with Crippen molar-refractivity contribution in [3.63, 3.8) is 0 Å². The number of sulfonamides is 1. The van der Waals surface area contributed by atoms with Crippen molar-refractivity contribution >= 4 is 21.5 Å². The topological polar surface area (TPSA) is 92.5 Å². The lowest BCUT2D eigenvalue weighted by atomic mass is 10.1. The average Bonchev–Trinajstić information content (AvgIpc) is 3.14. The molecule has 3 heterocycles. The number of halogens is 3. The van der Waals surface area contributed by atoms with Crippen LogP contribution in [0, 0.1) is 13.8 Å². The van der Waals surface area contributed by atoms with Crippen molar-refractivity contribution < 1.29 is 21.6 Å². The summed E-state index contributed by atoms with van der Waals surface area (Å²) in [7, 11) is -3.33. The second-order valence-corrected chi connectivity index (χ2v) is 8.34. The van der Waals surface area contributed by atoms with Crippen molar-refractivity contribution in [1.82, 2.24) is 24.1 Å². The Bertz CT molecular complexity index is 940. The normalized spacial score (nSPS) is 19.4. The van der Waals surface area contributed by atoms with E-state index in [1.165, 1.54) is 4.31 Å². The van der Waals surface area contributed by atoms with Gasteiger partial charge in [0.2, 0.25) is 10.0 Å². The fourth-order valence-corrected chi connectivity index (χ4v) is 4.32. The second kappa shape index (κ2) is 6.34. The Labute approximate surface area is 148 Å². The molecule has 8 nitrogen and oxygen atoms in total. The van der Waals surface area contributed by atoms with Gasteiger partial charge in [0.25, 0.3) is 5.82 Å². The summed E-state index contributed by atoms with van der Waals surface area (Å²) >= 11 is 0. The number of rotatable bonds is 4. The molecule has 1 saturated heterocycles. The number of fused-ring (bicyclic) bond motifs is 1. The fourth-order valence-electron chi connectivity index (χ4n) is 3.14. The number of anilines is 1. The highest BCUT2D eigenvalue weighted by molar-refractivity contribution is 7.88. The third-order valence-electron chi connectivity index (χ3n) is 4.60. The van der Waals surface area contributed by atoms with Crippen LogP contribution in [-0.2, 0) is 16.2 Å². The van der Waals surface area contributed by atoms with Crippen molar-refractivity contribution in [2.75, 3.05) is 24.7 Å². The van der Waals surface area contributed by atoms with Gasteiger partial charge in [0.1, 0.15) is 5.82 Å². The van der Waals surface area contributed by atoms with Crippen LogP contribution in [0.25, 0.3) is 5.65 Å². The molecule has 0 aliphatic carbocycles. The first kappa shape index (κ1) is 18.8. The van der Waals surface area contributed by atoms with Gasteiger partial charge in [0.15, 0.2) is 5.65 Å². The monoisotopic (exact) mass is 392 g/mol. The van der Waals surface area contributed by atoms with Crippen LogP contribution in [0.5, 0.6) is 0 Å². The van der Waals surface area contributed by atoms with Gasteiger partial charge in [-0.25, -0.2) is 8.42 Å². The lowest BCUT2D eigenvalue weighted by Crippen LogP contribution is -2.39. The van der Waals surface area contributed by atoms with E-state index in [1.54, 1.807) is 13.8 Å². The van der Waals surface area contributed by atoms with Crippen LogP contribution in [0.2, 0.25) is 0 Å². The van der Waals surface area contributed by atoms with Gasteiger partial charge in [-0.1, -0.05) is 0 Å². The summed E-state index contributed by atoms with van der Waals surface area (Å²) in [4.78, 5) is 0. The first-order valence-corrected chi connectivity index (χ1v) is 9.85. The van der Waals surface area contributed by atoms with E-state index in [2.05, 4.69) is 20.6 Å². The molecule has 0 aromatic carbocycles. The van der Waals surface area contributed by atoms with Crippen molar-refractivity contribution in [3.05, 3.63) is 17.0 Å². The van der Waals surface area contributed by atoms with Crippen LogP contribution in [-0.4, -0.2) is 57.9 Å². The zero-order chi connectivity index (χ0) is 19.3. The fraction of sp³-hybridized carbons (Fsp3) is 0.643. The summed E-state index contributed by atoms with van der Waals surface area (Å²) in [5.74, 6) is -0.946. The molecule has 1 fully saturated rings. The molecule has 0 amide bonds. The molecule has 0 bridgehead atoms. The van der Waals surface area contributed by atoms with Gasteiger partial charge in [-0.15, -0.1) is 15.3 Å². The lowest BCUT2D eigenvalue weighted by Gasteiger charge is -2.23. The molecule has 26 heavy (non-hydrogen) atoms.